The molecule has 0 aliphatic heterocycles. The molecular weight excluding hydrogens is 276 g/mol. The number of hydrogen-bond donors (Lipinski definition) is 1. The van der Waals surface area contributed by atoms with Crippen molar-refractivity contribution in [1.82, 2.24) is 9.97 Å². The lowest BCUT2D eigenvalue weighted by Crippen LogP contribution is -2.40. The summed E-state index contributed by atoms with van der Waals surface area (Å²) in [5.41, 5.74) is 0.634. The number of methoxy groups -OCH3 is 1. The zero-order valence-electron chi connectivity index (χ0n) is 13.7. The topological polar surface area (TPSA) is 55.2 Å². The molecule has 118 valence electrons. The van der Waals surface area contributed by atoms with E-state index >= 15 is 0 Å². The van der Waals surface area contributed by atoms with Crippen molar-refractivity contribution in [3.63, 3.8) is 0 Å². The maximum absolute atomic E-state index is 11.3. The summed E-state index contributed by atoms with van der Waals surface area (Å²) in [5.74, 6) is 0.839. The van der Waals surface area contributed by atoms with E-state index < -0.39 is 5.60 Å². The molecule has 0 spiro atoms. The molecule has 0 saturated heterocycles. The van der Waals surface area contributed by atoms with Gasteiger partial charge in [-0.1, -0.05) is 32.9 Å². The Labute approximate surface area is 132 Å². The van der Waals surface area contributed by atoms with Crippen LogP contribution in [-0.4, -0.2) is 22.2 Å². The second-order valence-electron chi connectivity index (χ2n) is 6.59. The molecule has 2 aromatic rings. The first-order valence-corrected chi connectivity index (χ1v) is 7.47. The fourth-order valence-corrected chi connectivity index (χ4v) is 2.58. The van der Waals surface area contributed by atoms with E-state index in [1.165, 1.54) is 11.9 Å². The molecular formula is C18H24N2O2. The molecule has 1 aromatic heterocycles. The molecule has 1 atom stereocenters. The third-order valence-corrected chi connectivity index (χ3v) is 4.21. The standard InChI is InChI=1S/C18H24N2O2/c1-17(2,3)18(21,15-11-19-13-20-12-15)10-9-14-5-7-16(22-4)8-6-14/h5-8,11-13,21H,9-10H2,1-4H3. The maximum atomic E-state index is 11.3. The largest absolute Gasteiger partial charge is 0.497 e. The van der Waals surface area contributed by atoms with Crippen LogP contribution in [-0.2, 0) is 12.0 Å². The van der Waals surface area contributed by atoms with Crippen molar-refractivity contribution in [3.05, 3.63) is 54.1 Å². The fourth-order valence-electron chi connectivity index (χ4n) is 2.58. The van der Waals surface area contributed by atoms with Crippen molar-refractivity contribution >= 4 is 0 Å². The molecule has 0 saturated carbocycles. The fraction of sp³-hybridized carbons (Fsp3) is 0.444. The minimum absolute atomic E-state index is 0.315. The molecule has 4 heteroatoms. The van der Waals surface area contributed by atoms with Gasteiger partial charge in [0.1, 0.15) is 12.1 Å². The first-order chi connectivity index (χ1) is 10.4. The molecule has 0 fully saturated rings. The summed E-state index contributed by atoms with van der Waals surface area (Å²) in [5, 5.41) is 11.3. The van der Waals surface area contributed by atoms with Crippen molar-refractivity contribution in [2.24, 2.45) is 5.41 Å². The number of nitrogens with zero attached hydrogens (tertiary/aromatic N) is 2. The lowest BCUT2D eigenvalue weighted by molar-refractivity contribution is -0.0715. The Morgan fingerprint density at radius 1 is 1.05 bits per heavy atom. The first-order valence-electron chi connectivity index (χ1n) is 7.47. The summed E-state index contributed by atoms with van der Waals surface area (Å²) in [4.78, 5) is 8.11. The molecule has 0 bridgehead atoms. The zero-order chi connectivity index (χ0) is 16.2. The number of aromatic nitrogens is 2. The molecule has 0 amide bonds. The molecule has 1 heterocycles. The molecule has 1 unspecified atom stereocenters. The Balaban J connectivity index is 2.21. The van der Waals surface area contributed by atoms with Gasteiger partial charge in [-0.25, -0.2) is 9.97 Å². The van der Waals surface area contributed by atoms with Crippen LogP contribution >= 0.6 is 0 Å². The van der Waals surface area contributed by atoms with E-state index in [-0.39, 0.29) is 5.41 Å². The summed E-state index contributed by atoms with van der Waals surface area (Å²) in [6, 6.07) is 7.95. The second-order valence-corrected chi connectivity index (χ2v) is 6.59. The van der Waals surface area contributed by atoms with Gasteiger partial charge in [-0.2, -0.15) is 0 Å². The quantitative estimate of drug-likeness (QED) is 0.920. The molecule has 0 aliphatic rings. The van der Waals surface area contributed by atoms with Crippen LogP contribution in [0.15, 0.2) is 43.0 Å². The molecule has 22 heavy (non-hydrogen) atoms. The number of benzene rings is 1. The number of hydrogen-bond acceptors (Lipinski definition) is 4. The van der Waals surface area contributed by atoms with Gasteiger partial charge in [0.15, 0.2) is 0 Å². The molecule has 4 nitrogen and oxygen atoms in total. The van der Waals surface area contributed by atoms with Gasteiger partial charge in [0.2, 0.25) is 0 Å². The number of rotatable bonds is 5. The van der Waals surface area contributed by atoms with Crippen molar-refractivity contribution in [2.75, 3.05) is 7.11 Å². The van der Waals surface area contributed by atoms with Crippen LogP contribution < -0.4 is 4.74 Å². The van der Waals surface area contributed by atoms with Gasteiger partial charge in [-0.05, 0) is 36.0 Å². The molecule has 1 aromatic carbocycles. The summed E-state index contributed by atoms with van der Waals surface area (Å²) in [6.45, 7) is 6.11. The maximum Gasteiger partial charge on any atom is 0.118 e. The van der Waals surface area contributed by atoms with Gasteiger partial charge in [0.05, 0.1) is 12.7 Å². The smallest absolute Gasteiger partial charge is 0.118 e. The van der Waals surface area contributed by atoms with Crippen LogP contribution in [0.2, 0.25) is 0 Å². The Bertz CT molecular complexity index is 591. The Hall–Kier alpha value is -1.94. The predicted octanol–water partition coefficient (Wildman–Crippen LogP) is 3.35. The SMILES string of the molecule is COc1ccc(CCC(O)(c2cncnc2)C(C)(C)C)cc1. The minimum atomic E-state index is -0.978. The van der Waals surface area contributed by atoms with E-state index in [1.807, 2.05) is 45.0 Å². The lowest BCUT2D eigenvalue weighted by atomic mass is 9.70. The Kier molecular flexibility index (Phi) is 4.81. The summed E-state index contributed by atoms with van der Waals surface area (Å²) < 4.78 is 5.17. The van der Waals surface area contributed by atoms with E-state index in [2.05, 4.69) is 9.97 Å². The van der Waals surface area contributed by atoms with Crippen LogP contribution in [0.1, 0.15) is 38.3 Å². The highest BCUT2D eigenvalue weighted by Crippen LogP contribution is 2.42. The monoisotopic (exact) mass is 300 g/mol. The van der Waals surface area contributed by atoms with Crippen LogP contribution in [0.25, 0.3) is 0 Å². The molecule has 0 radical (unpaired) electrons. The average Bonchev–Trinajstić information content (AvgIpc) is 2.53. The van der Waals surface area contributed by atoms with Crippen LogP contribution in [0.5, 0.6) is 5.75 Å². The normalized spacial score (nSPS) is 14.4. The first kappa shape index (κ1) is 16.4. The minimum Gasteiger partial charge on any atom is -0.497 e. The van der Waals surface area contributed by atoms with Gasteiger partial charge >= 0.3 is 0 Å². The second kappa shape index (κ2) is 6.44. The van der Waals surface area contributed by atoms with E-state index in [0.29, 0.717) is 6.42 Å². The van der Waals surface area contributed by atoms with Crippen LogP contribution in [0.4, 0.5) is 0 Å². The van der Waals surface area contributed by atoms with E-state index in [0.717, 1.165) is 17.7 Å². The Morgan fingerprint density at radius 2 is 1.64 bits per heavy atom. The number of aryl methyl sites for hydroxylation is 1. The molecule has 2 rings (SSSR count). The highest BCUT2D eigenvalue weighted by molar-refractivity contribution is 5.28. The van der Waals surface area contributed by atoms with Crippen molar-refractivity contribution in [1.29, 1.82) is 0 Å². The third kappa shape index (κ3) is 3.45. The van der Waals surface area contributed by atoms with Gasteiger partial charge in [-0.3, -0.25) is 0 Å². The van der Waals surface area contributed by atoms with E-state index in [1.54, 1.807) is 19.5 Å². The van der Waals surface area contributed by atoms with E-state index in [4.69, 9.17) is 4.74 Å². The third-order valence-electron chi connectivity index (χ3n) is 4.21. The highest BCUT2D eigenvalue weighted by Gasteiger charge is 2.41. The van der Waals surface area contributed by atoms with Crippen molar-refractivity contribution < 1.29 is 9.84 Å². The number of ether oxygens (including phenoxy) is 1. The van der Waals surface area contributed by atoms with E-state index in [9.17, 15) is 5.11 Å². The van der Waals surface area contributed by atoms with Crippen molar-refractivity contribution in [3.8, 4) is 5.75 Å². The Morgan fingerprint density at radius 3 is 2.14 bits per heavy atom. The molecule has 0 aliphatic carbocycles. The van der Waals surface area contributed by atoms with Crippen LogP contribution in [0.3, 0.4) is 0 Å². The van der Waals surface area contributed by atoms with Crippen LogP contribution in [0, 0.1) is 5.41 Å². The highest BCUT2D eigenvalue weighted by atomic mass is 16.5. The average molecular weight is 300 g/mol. The lowest BCUT2D eigenvalue weighted by Gasteiger charge is -2.40. The van der Waals surface area contributed by atoms with Gasteiger partial charge < -0.3 is 9.84 Å². The van der Waals surface area contributed by atoms with Gasteiger partial charge in [-0.15, -0.1) is 0 Å². The number of aliphatic hydroxyl groups is 1. The summed E-state index contributed by atoms with van der Waals surface area (Å²) in [7, 11) is 1.66. The van der Waals surface area contributed by atoms with Crippen molar-refractivity contribution in [2.45, 2.75) is 39.2 Å². The zero-order valence-corrected chi connectivity index (χ0v) is 13.7. The van der Waals surface area contributed by atoms with Gasteiger partial charge in [0, 0.05) is 18.0 Å². The summed E-state index contributed by atoms with van der Waals surface area (Å²) >= 11 is 0. The summed E-state index contributed by atoms with van der Waals surface area (Å²) in [6.07, 6.45) is 6.26. The molecule has 1 N–H and O–H groups in total. The van der Waals surface area contributed by atoms with Gasteiger partial charge in [0.25, 0.3) is 0 Å². The predicted molar refractivity (Wildman–Crippen MR) is 86.7 cm³/mol.